The average molecular weight is 256 g/mol. The van der Waals surface area contributed by atoms with Crippen LogP contribution in [0.2, 0.25) is 0 Å². The molecule has 0 aliphatic heterocycles. The van der Waals surface area contributed by atoms with Crippen molar-refractivity contribution in [2.75, 3.05) is 0 Å². The van der Waals surface area contributed by atoms with Crippen LogP contribution in [0.25, 0.3) is 0 Å². The molecule has 0 saturated carbocycles. The fourth-order valence-corrected chi connectivity index (χ4v) is 3.04. The molecule has 1 atom stereocenters. The van der Waals surface area contributed by atoms with Gasteiger partial charge in [0.2, 0.25) is 0 Å². The van der Waals surface area contributed by atoms with Crippen LogP contribution >= 0.6 is 0 Å². The fourth-order valence-electron chi connectivity index (χ4n) is 2.07. The highest BCUT2D eigenvalue weighted by Crippen LogP contribution is 2.29. The lowest BCUT2D eigenvalue weighted by molar-refractivity contribution is 0.465. The quantitative estimate of drug-likeness (QED) is 0.823. The molecular formula is C13H20O3S. The highest BCUT2D eigenvalue weighted by atomic mass is 32.2. The minimum Gasteiger partial charge on any atom is -0.285 e. The third-order valence-corrected chi connectivity index (χ3v) is 4.07. The van der Waals surface area contributed by atoms with E-state index in [9.17, 15) is 13.0 Å². The normalized spacial score (nSPS) is 13.9. The van der Waals surface area contributed by atoms with Crippen LogP contribution < -0.4 is 0 Å². The van der Waals surface area contributed by atoms with Crippen molar-refractivity contribution in [1.82, 2.24) is 0 Å². The number of hydrogen-bond donors (Lipinski definition) is 1. The standard InChI is InChI=1S/C13H20O3S/c1-4-13(17(14,15)16)12-8-6-5-7-11(12)9-10(2)3/h5-8,10,13H,4,9H2,1-3H3,(H,14,15,16). The maximum absolute atomic E-state index is 11.4. The molecule has 1 unspecified atom stereocenters. The Morgan fingerprint density at radius 2 is 1.82 bits per heavy atom. The molecule has 1 rings (SSSR count). The van der Waals surface area contributed by atoms with E-state index >= 15 is 0 Å². The summed E-state index contributed by atoms with van der Waals surface area (Å²) < 4.78 is 32.0. The van der Waals surface area contributed by atoms with Crippen molar-refractivity contribution in [3.8, 4) is 0 Å². The molecular weight excluding hydrogens is 236 g/mol. The topological polar surface area (TPSA) is 54.4 Å². The Bertz CT molecular complexity index is 463. The van der Waals surface area contributed by atoms with Gasteiger partial charge in [0, 0.05) is 0 Å². The van der Waals surface area contributed by atoms with Crippen molar-refractivity contribution >= 4 is 10.1 Å². The number of benzene rings is 1. The smallest absolute Gasteiger partial charge is 0.271 e. The van der Waals surface area contributed by atoms with Crippen LogP contribution in [0.15, 0.2) is 24.3 Å². The van der Waals surface area contributed by atoms with Gasteiger partial charge in [-0.15, -0.1) is 0 Å². The van der Waals surface area contributed by atoms with Crippen LogP contribution in [-0.4, -0.2) is 13.0 Å². The number of hydrogen-bond acceptors (Lipinski definition) is 2. The van der Waals surface area contributed by atoms with Gasteiger partial charge in [-0.3, -0.25) is 4.55 Å². The molecule has 17 heavy (non-hydrogen) atoms. The summed E-state index contributed by atoms with van der Waals surface area (Å²) in [5, 5.41) is -0.808. The zero-order valence-corrected chi connectivity index (χ0v) is 11.4. The van der Waals surface area contributed by atoms with E-state index in [-0.39, 0.29) is 0 Å². The van der Waals surface area contributed by atoms with Crippen LogP contribution in [0.3, 0.4) is 0 Å². The van der Waals surface area contributed by atoms with Crippen molar-refractivity contribution in [1.29, 1.82) is 0 Å². The lowest BCUT2D eigenvalue weighted by Crippen LogP contribution is -2.14. The molecule has 0 spiro atoms. The molecule has 0 saturated heterocycles. The van der Waals surface area contributed by atoms with Crippen LogP contribution in [0.1, 0.15) is 43.6 Å². The lowest BCUT2D eigenvalue weighted by Gasteiger charge is -2.17. The minimum atomic E-state index is -4.03. The van der Waals surface area contributed by atoms with Gasteiger partial charge in [-0.05, 0) is 29.9 Å². The summed E-state index contributed by atoms with van der Waals surface area (Å²) >= 11 is 0. The third-order valence-electron chi connectivity index (χ3n) is 2.76. The van der Waals surface area contributed by atoms with Gasteiger partial charge in [0.25, 0.3) is 10.1 Å². The van der Waals surface area contributed by atoms with Crippen LogP contribution in [0, 0.1) is 5.92 Å². The van der Waals surface area contributed by atoms with Gasteiger partial charge >= 0.3 is 0 Å². The van der Waals surface area contributed by atoms with Gasteiger partial charge in [0.1, 0.15) is 5.25 Å². The first-order chi connectivity index (χ1) is 7.86. The first-order valence-electron chi connectivity index (χ1n) is 5.90. The summed E-state index contributed by atoms with van der Waals surface area (Å²) in [5.41, 5.74) is 1.73. The second kappa shape index (κ2) is 5.65. The highest BCUT2D eigenvalue weighted by molar-refractivity contribution is 7.86. The maximum Gasteiger partial charge on any atom is 0.271 e. The minimum absolute atomic E-state index is 0.383. The summed E-state index contributed by atoms with van der Waals surface area (Å²) in [7, 11) is -4.03. The van der Waals surface area contributed by atoms with E-state index in [0.29, 0.717) is 12.3 Å². The summed E-state index contributed by atoms with van der Waals surface area (Å²) in [5.74, 6) is 0.454. The van der Waals surface area contributed by atoms with Gasteiger partial charge in [-0.25, -0.2) is 0 Å². The van der Waals surface area contributed by atoms with E-state index in [4.69, 9.17) is 0 Å². The highest BCUT2D eigenvalue weighted by Gasteiger charge is 2.25. The fraction of sp³-hybridized carbons (Fsp3) is 0.538. The summed E-state index contributed by atoms with van der Waals surface area (Å²) in [4.78, 5) is 0. The van der Waals surface area contributed by atoms with Gasteiger partial charge < -0.3 is 0 Å². The molecule has 0 aliphatic rings. The van der Waals surface area contributed by atoms with Gasteiger partial charge in [0.05, 0.1) is 0 Å². The van der Waals surface area contributed by atoms with Crippen molar-refractivity contribution in [3.05, 3.63) is 35.4 Å². The molecule has 1 aromatic carbocycles. The van der Waals surface area contributed by atoms with Crippen molar-refractivity contribution < 1.29 is 13.0 Å². The predicted molar refractivity (Wildman–Crippen MR) is 69.6 cm³/mol. The third kappa shape index (κ3) is 3.82. The second-order valence-electron chi connectivity index (χ2n) is 4.71. The zero-order chi connectivity index (χ0) is 13.1. The molecule has 0 aromatic heterocycles. The van der Waals surface area contributed by atoms with Crippen LogP contribution in [0.4, 0.5) is 0 Å². The Labute approximate surface area is 104 Å². The van der Waals surface area contributed by atoms with E-state index in [1.807, 2.05) is 18.2 Å². The van der Waals surface area contributed by atoms with Gasteiger partial charge in [-0.2, -0.15) is 8.42 Å². The lowest BCUT2D eigenvalue weighted by atomic mass is 9.95. The van der Waals surface area contributed by atoms with E-state index in [0.717, 1.165) is 17.5 Å². The summed E-state index contributed by atoms with van der Waals surface area (Å²) in [6.07, 6.45) is 1.20. The zero-order valence-electron chi connectivity index (χ0n) is 10.6. The second-order valence-corrected chi connectivity index (χ2v) is 6.31. The Kier molecular flexibility index (Phi) is 4.71. The molecule has 0 amide bonds. The van der Waals surface area contributed by atoms with E-state index in [1.54, 1.807) is 13.0 Å². The Morgan fingerprint density at radius 3 is 2.29 bits per heavy atom. The maximum atomic E-state index is 11.4. The van der Waals surface area contributed by atoms with E-state index in [1.165, 1.54) is 0 Å². The first-order valence-corrected chi connectivity index (χ1v) is 7.40. The van der Waals surface area contributed by atoms with Crippen LogP contribution in [0.5, 0.6) is 0 Å². The van der Waals surface area contributed by atoms with Crippen molar-refractivity contribution in [2.45, 2.75) is 38.9 Å². The Morgan fingerprint density at radius 1 is 1.24 bits per heavy atom. The average Bonchev–Trinajstić information content (AvgIpc) is 2.18. The van der Waals surface area contributed by atoms with Crippen molar-refractivity contribution in [2.24, 2.45) is 5.92 Å². The molecule has 1 N–H and O–H groups in total. The molecule has 0 heterocycles. The first kappa shape index (κ1) is 14.2. The predicted octanol–water partition coefficient (Wildman–Crippen LogP) is 3.22. The Balaban J connectivity index is 3.20. The molecule has 0 aliphatic carbocycles. The largest absolute Gasteiger partial charge is 0.285 e. The van der Waals surface area contributed by atoms with Gasteiger partial charge in [0.15, 0.2) is 0 Å². The molecule has 0 bridgehead atoms. The molecule has 0 fully saturated rings. The molecule has 3 nitrogen and oxygen atoms in total. The van der Waals surface area contributed by atoms with E-state index < -0.39 is 15.4 Å². The molecule has 0 radical (unpaired) electrons. The molecule has 1 aromatic rings. The SMILES string of the molecule is CCC(c1ccccc1CC(C)C)S(=O)(=O)O. The molecule has 4 heteroatoms. The van der Waals surface area contributed by atoms with Crippen molar-refractivity contribution in [3.63, 3.8) is 0 Å². The Hall–Kier alpha value is -0.870. The molecule has 96 valence electrons. The monoisotopic (exact) mass is 256 g/mol. The number of rotatable bonds is 5. The summed E-state index contributed by atoms with van der Waals surface area (Å²) in [6.45, 7) is 5.95. The van der Waals surface area contributed by atoms with Crippen LogP contribution in [-0.2, 0) is 16.5 Å². The van der Waals surface area contributed by atoms with E-state index in [2.05, 4.69) is 13.8 Å². The summed E-state index contributed by atoms with van der Waals surface area (Å²) in [6, 6.07) is 7.44. The van der Waals surface area contributed by atoms with Gasteiger partial charge in [-0.1, -0.05) is 45.0 Å².